The average Bonchev–Trinajstić information content (AvgIpc) is 2.32. The van der Waals surface area contributed by atoms with Gasteiger partial charge in [0.05, 0.1) is 5.56 Å². The summed E-state index contributed by atoms with van der Waals surface area (Å²) in [4.78, 5) is 22.5. The highest BCUT2D eigenvalue weighted by atomic mass is 19.2. The van der Waals surface area contributed by atoms with Crippen molar-refractivity contribution in [3.05, 3.63) is 35.1 Å². The van der Waals surface area contributed by atoms with Crippen LogP contribution in [-0.4, -0.2) is 23.0 Å². The standard InChI is InChI=1S/C12H12F3NO3/c1-5(2)10(12(18)19)16-11(17)6-3-4-7(13)9(15)8(6)14/h3-5,10H,1-2H3,(H,16,17)(H,18,19)/t10-/m1/s1. The first-order valence-corrected chi connectivity index (χ1v) is 5.42. The number of carboxylic acid groups (broad SMARTS) is 1. The number of carboxylic acids is 1. The number of benzene rings is 1. The summed E-state index contributed by atoms with van der Waals surface area (Å²) in [7, 11) is 0. The molecule has 0 saturated heterocycles. The van der Waals surface area contributed by atoms with Gasteiger partial charge in [0, 0.05) is 0 Å². The van der Waals surface area contributed by atoms with Crippen molar-refractivity contribution in [3.8, 4) is 0 Å². The fourth-order valence-corrected chi connectivity index (χ4v) is 1.43. The number of carbonyl (C=O) groups is 2. The van der Waals surface area contributed by atoms with Crippen molar-refractivity contribution >= 4 is 11.9 Å². The van der Waals surface area contributed by atoms with Crippen LogP contribution < -0.4 is 5.32 Å². The number of carbonyl (C=O) groups excluding carboxylic acids is 1. The maximum absolute atomic E-state index is 13.3. The van der Waals surface area contributed by atoms with Gasteiger partial charge in [-0.15, -0.1) is 0 Å². The molecule has 104 valence electrons. The van der Waals surface area contributed by atoms with Crippen molar-refractivity contribution in [2.45, 2.75) is 19.9 Å². The van der Waals surface area contributed by atoms with E-state index in [1.165, 1.54) is 0 Å². The van der Waals surface area contributed by atoms with Crippen molar-refractivity contribution in [1.82, 2.24) is 5.32 Å². The van der Waals surface area contributed by atoms with E-state index in [0.717, 1.165) is 6.07 Å². The molecule has 0 aliphatic heterocycles. The van der Waals surface area contributed by atoms with Crippen LogP contribution in [0.3, 0.4) is 0 Å². The van der Waals surface area contributed by atoms with E-state index in [0.29, 0.717) is 6.07 Å². The van der Waals surface area contributed by atoms with Gasteiger partial charge in [0.15, 0.2) is 17.5 Å². The van der Waals surface area contributed by atoms with Crippen LogP contribution in [0.15, 0.2) is 12.1 Å². The Morgan fingerprint density at radius 3 is 2.21 bits per heavy atom. The fourth-order valence-electron chi connectivity index (χ4n) is 1.43. The maximum atomic E-state index is 13.3. The monoisotopic (exact) mass is 275 g/mol. The molecule has 0 aliphatic rings. The zero-order chi connectivity index (χ0) is 14.7. The minimum atomic E-state index is -1.77. The number of aliphatic carboxylic acids is 1. The quantitative estimate of drug-likeness (QED) is 0.825. The molecule has 4 nitrogen and oxygen atoms in total. The molecule has 0 saturated carbocycles. The molecule has 0 spiro atoms. The van der Waals surface area contributed by atoms with Gasteiger partial charge in [0.2, 0.25) is 0 Å². The van der Waals surface area contributed by atoms with Gasteiger partial charge in [-0.3, -0.25) is 4.79 Å². The van der Waals surface area contributed by atoms with E-state index >= 15 is 0 Å². The lowest BCUT2D eigenvalue weighted by atomic mass is 10.0. The molecule has 0 radical (unpaired) electrons. The Morgan fingerprint density at radius 2 is 1.74 bits per heavy atom. The second kappa shape index (κ2) is 5.73. The van der Waals surface area contributed by atoms with Gasteiger partial charge in [0.1, 0.15) is 6.04 Å². The van der Waals surface area contributed by atoms with Gasteiger partial charge >= 0.3 is 5.97 Å². The van der Waals surface area contributed by atoms with Crippen LogP contribution in [0.1, 0.15) is 24.2 Å². The molecular formula is C12H12F3NO3. The summed E-state index contributed by atoms with van der Waals surface area (Å²) in [6, 6.07) is 0.0980. The molecule has 1 atom stereocenters. The largest absolute Gasteiger partial charge is 0.480 e. The first-order chi connectivity index (χ1) is 8.75. The Hall–Kier alpha value is -2.05. The smallest absolute Gasteiger partial charge is 0.326 e. The number of rotatable bonds is 4. The predicted octanol–water partition coefficient (Wildman–Crippen LogP) is 1.94. The molecule has 1 aromatic rings. The highest BCUT2D eigenvalue weighted by molar-refractivity contribution is 5.96. The molecule has 0 fully saturated rings. The molecule has 0 heterocycles. The van der Waals surface area contributed by atoms with Crippen molar-refractivity contribution in [2.75, 3.05) is 0 Å². The zero-order valence-electron chi connectivity index (χ0n) is 10.2. The molecule has 1 amide bonds. The number of hydrogen-bond acceptors (Lipinski definition) is 2. The molecule has 19 heavy (non-hydrogen) atoms. The van der Waals surface area contributed by atoms with Crippen LogP contribution in [-0.2, 0) is 4.79 Å². The first kappa shape index (κ1) is 15.0. The van der Waals surface area contributed by atoms with Crippen molar-refractivity contribution < 1.29 is 27.9 Å². The van der Waals surface area contributed by atoms with Gasteiger partial charge in [-0.2, -0.15) is 0 Å². The van der Waals surface area contributed by atoms with Crippen molar-refractivity contribution in [3.63, 3.8) is 0 Å². The zero-order valence-corrected chi connectivity index (χ0v) is 10.2. The minimum absolute atomic E-state index is 0.449. The summed E-state index contributed by atoms with van der Waals surface area (Å²) in [6.07, 6.45) is 0. The van der Waals surface area contributed by atoms with Crippen LogP contribution in [0.5, 0.6) is 0 Å². The normalized spacial score (nSPS) is 12.3. The average molecular weight is 275 g/mol. The molecule has 0 bridgehead atoms. The Morgan fingerprint density at radius 1 is 1.16 bits per heavy atom. The van der Waals surface area contributed by atoms with Crippen molar-refractivity contribution in [1.29, 1.82) is 0 Å². The molecule has 2 N–H and O–H groups in total. The minimum Gasteiger partial charge on any atom is -0.480 e. The Bertz CT molecular complexity index is 517. The summed E-state index contributed by atoms with van der Waals surface area (Å²) in [5.74, 6) is -7.71. The second-order valence-electron chi connectivity index (χ2n) is 4.26. The summed E-state index contributed by atoms with van der Waals surface area (Å²) in [6.45, 7) is 3.08. The molecule has 1 rings (SSSR count). The third-order valence-corrected chi connectivity index (χ3v) is 2.50. The summed E-state index contributed by atoms with van der Waals surface area (Å²) in [5, 5.41) is 10.9. The van der Waals surface area contributed by atoms with E-state index in [-0.39, 0.29) is 0 Å². The van der Waals surface area contributed by atoms with Crippen molar-refractivity contribution in [2.24, 2.45) is 5.92 Å². The van der Waals surface area contributed by atoms with E-state index < -0.39 is 46.9 Å². The number of amides is 1. The molecule has 1 aromatic carbocycles. The highest BCUT2D eigenvalue weighted by Crippen LogP contribution is 2.15. The Kier molecular flexibility index (Phi) is 4.52. The van der Waals surface area contributed by atoms with Gasteiger partial charge in [-0.1, -0.05) is 13.8 Å². The number of hydrogen-bond donors (Lipinski definition) is 2. The number of halogens is 3. The van der Waals surface area contributed by atoms with Crippen LogP contribution in [0.25, 0.3) is 0 Å². The van der Waals surface area contributed by atoms with E-state index in [2.05, 4.69) is 5.32 Å². The first-order valence-electron chi connectivity index (χ1n) is 5.42. The fraction of sp³-hybridized carbons (Fsp3) is 0.333. The third kappa shape index (κ3) is 3.24. The summed E-state index contributed by atoms with van der Waals surface area (Å²) in [5.41, 5.74) is -0.745. The van der Waals surface area contributed by atoms with E-state index in [9.17, 15) is 22.8 Å². The van der Waals surface area contributed by atoms with Crippen LogP contribution in [0.2, 0.25) is 0 Å². The summed E-state index contributed by atoms with van der Waals surface area (Å²) >= 11 is 0. The molecule has 0 aliphatic carbocycles. The lowest BCUT2D eigenvalue weighted by molar-refractivity contribution is -0.140. The van der Waals surface area contributed by atoms with Crippen LogP contribution in [0, 0.1) is 23.4 Å². The van der Waals surface area contributed by atoms with E-state index in [4.69, 9.17) is 5.11 Å². The third-order valence-electron chi connectivity index (χ3n) is 2.50. The van der Waals surface area contributed by atoms with Gasteiger partial charge < -0.3 is 10.4 Å². The summed E-state index contributed by atoms with van der Waals surface area (Å²) < 4.78 is 39.0. The topological polar surface area (TPSA) is 66.4 Å². The predicted molar refractivity (Wildman–Crippen MR) is 60.0 cm³/mol. The lowest BCUT2D eigenvalue weighted by Gasteiger charge is -2.18. The second-order valence-corrected chi connectivity index (χ2v) is 4.26. The Labute approximate surface area is 107 Å². The van der Waals surface area contributed by atoms with Gasteiger partial charge in [-0.25, -0.2) is 18.0 Å². The highest BCUT2D eigenvalue weighted by Gasteiger charge is 2.26. The molecule has 7 heteroatoms. The Balaban J connectivity index is 3.02. The van der Waals surface area contributed by atoms with E-state index in [1.807, 2.05) is 0 Å². The molecule has 0 unspecified atom stereocenters. The molecular weight excluding hydrogens is 263 g/mol. The lowest BCUT2D eigenvalue weighted by Crippen LogP contribution is -2.44. The van der Waals surface area contributed by atoms with E-state index in [1.54, 1.807) is 13.8 Å². The number of nitrogens with one attached hydrogen (secondary N) is 1. The van der Waals surface area contributed by atoms with Gasteiger partial charge in [0.25, 0.3) is 5.91 Å². The van der Waals surface area contributed by atoms with Gasteiger partial charge in [-0.05, 0) is 18.1 Å². The molecule has 0 aromatic heterocycles. The SMILES string of the molecule is CC(C)[C@@H](NC(=O)c1ccc(F)c(F)c1F)C(=O)O. The van der Waals surface area contributed by atoms with Crippen LogP contribution in [0.4, 0.5) is 13.2 Å². The maximum Gasteiger partial charge on any atom is 0.326 e. The van der Waals surface area contributed by atoms with Crippen LogP contribution >= 0.6 is 0 Å².